The highest BCUT2D eigenvalue weighted by Crippen LogP contribution is 2.37. The molecule has 0 radical (unpaired) electrons. The van der Waals surface area contributed by atoms with E-state index >= 15 is 0 Å². The van der Waals surface area contributed by atoms with Crippen LogP contribution >= 0.6 is 0 Å². The number of aromatic nitrogens is 7. The lowest BCUT2D eigenvalue weighted by Gasteiger charge is -2.15. The summed E-state index contributed by atoms with van der Waals surface area (Å²) in [6.45, 7) is 8.92. The molecule has 0 bridgehead atoms. The summed E-state index contributed by atoms with van der Waals surface area (Å²) in [4.78, 5) is 28.7. The van der Waals surface area contributed by atoms with Gasteiger partial charge in [-0.1, -0.05) is 38.1 Å². The number of hydrogen-bond acceptors (Lipinski definition) is 7. The molecule has 2 N–H and O–H groups in total. The van der Waals surface area contributed by atoms with Gasteiger partial charge in [0.2, 0.25) is 0 Å². The third-order valence-electron chi connectivity index (χ3n) is 6.59. The molecule has 0 saturated carbocycles. The zero-order valence-electron chi connectivity index (χ0n) is 22.7. The molecule has 208 valence electrons. The minimum Gasteiger partial charge on any atom is -0.344 e. The van der Waals surface area contributed by atoms with Crippen LogP contribution in [-0.2, 0) is 25.2 Å². The van der Waals surface area contributed by atoms with E-state index in [4.69, 9.17) is 4.52 Å². The Kier molecular flexibility index (Phi) is 6.47. The van der Waals surface area contributed by atoms with E-state index in [9.17, 15) is 18.0 Å². The van der Waals surface area contributed by atoms with Gasteiger partial charge in [-0.15, -0.1) is 0 Å². The molecule has 13 heteroatoms. The molecule has 0 unspecified atom stereocenters. The number of alkyl halides is 3. The molecule has 0 spiro atoms. The Labute approximate surface area is 227 Å². The maximum atomic E-state index is 14.2. The molecule has 10 nitrogen and oxygen atoms in total. The number of hydrogen-bond donors (Lipinski definition) is 2. The predicted octanol–water partition coefficient (Wildman–Crippen LogP) is 5.27. The first-order chi connectivity index (χ1) is 18.7. The summed E-state index contributed by atoms with van der Waals surface area (Å²) in [7, 11) is 1.83. The van der Waals surface area contributed by atoms with E-state index in [1.165, 1.54) is 12.3 Å². The Balaban J connectivity index is 1.48. The summed E-state index contributed by atoms with van der Waals surface area (Å²) >= 11 is 0. The molecule has 5 rings (SSSR count). The number of fused-ring (bicyclic) bond motifs is 1. The third kappa shape index (κ3) is 4.94. The number of H-pyrrole nitrogens is 1. The summed E-state index contributed by atoms with van der Waals surface area (Å²) < 4.78 is 49.2. The molecular weight excluding hydrogens is 525 g/mol. The van der Waals surface area contributed by atoms with Crippen LogP contribution in [0.3, 0.4) is 0 Å². The smallest absolute Gasteiger partial charge is 0.344 e. The largest absolute Gasteiger partial charge is 0.416 e. The van der Waals surface area contributed by atoms with Gasteiger partial charge in [-0.3, -0.25) is 9.48 Å². The van der Waals surface area contributed by atoms with Crippen molar-refractivity contribution >= 4 is 17.1 Å². The van der Waals surface area contributed by atoms with Gasteiger partial charge in [0.25, 0.3) is 0 Å². The van der Waals surface area contributed by atoms with E-state index in [1.54, 1.807) is 16.8 Å². The first kappa shape index (κ1) is 27.0. The van der Waals surface area contributed by atoms with Crippen LogP contribution in [0.25, 0.3) is 33.7 Å². The van der Waals surface area contributed by atoms with E-state index in [-0.39, 0.29) is 18.0 Å². The van der Waals surface area contributed by atoms with Crippen molar-refractivity contribution in [2.45, 2.75) is 52.8 Å². The maximum Gasteiger partial charge on any atom is 0.416 e. The lowest BCUT2D eigenvalue weighted by Crippen LogP contribution is -2.25. The summed E-state index contributed by atoms with van der Waals surface area (Å²) in [5.74, 6) is -0.230. The molecule has 4 heterocycles. The molecule has 0 saturated heterocycles. The van der Waals surface area contributed by atoms with Crippen LogP contribution < -0.4 is 5.32 Å². The lowest BCUT2D eigenvalue weighted by molar-refractivity contribution is -0.138. The zero-order valence-corrected chi connectivity index (χ0v) is 22.7. The van der Waals surface area contributed by atoms with Crippen LogP contribution in [-0.4, -0.2) is 40.8 Å². The van der Waals surface area contributed by atoms with Crippen molar-refractivity contribution < 1.29 is 22.5 Å². The first-order valence-electron chi connectivity index (χ1n) is 12.4. The number of carbonyl (C=O) groups is 1. The second kappa shape index (κ2) is 9.57. The number of aryl methyl sites for hydroxylation is 2. The highest BCUT2D eigenvalue weighted by atomic mass is 19.4. The van der Waals surface area contributed by atoms with Crippen molar-refractivity contribution in [2.75, 3.05) is 0 Å². The van der Waals surface area contributed by atoms with Gasteiger partial charge in [0.05, 0.1) is 22.3 Å². The maximum absolute atomic E-state index is 14.2. The number of halogens is 3. The van der Waals surface area contributed by atoms with Gasteiger partial charge in [0.1, 0.15) is 5.82 Å². The fourth-order valence-corrected chi connectivity index (χ4v) is 4.42. The molecule has 1 amide bonds. The molecule has 5 aromatic rings. The van der Waals surface area contributed by atoms with E-state index < -0.39 is 23.1 Å². The fourth-order valence-electron chi connectivity index (χ4n) is 4.42. The van der Waals surface area contributed by atoms with Crippen LogP contribution in [0.4, 0.5) is 13.2 Å². The number of rotatable bonds is 5. The van der Waals surface area contributed by atoms with Gasteiger partial charge >= 0.3 is 18.0 Å². The summed E-state index contributed by atoms with van der Waals surface area (Å²) in [5.41, 5.74) is 2.71. The lowest BCUT2D eigenvalue weighted by atomic mass is 9.96. The zero-order chi connectivity index (χ0) is 29.0. The van der Waals surface area contributed by atoms with Crippen LogP contribution in [0, 0.1) is 13.8 Å². The average molecular weight is 553 g/mol. The highest BCUT2D eigenvalue weighted by Gasteiger charge is 2.34. The van der Waals surface area contributed by atoms with Gasteiger partial charge in [-0.05, 0) is 37.1 Å². The summed E-state index contributed by atoms with van der Waals surface area (Å²) in [6.07, 6.45) is -3.17. The van der Waals surface area contributed by atoms with E-state index in [2.05, 4.69) is 35.5 Å². The second-order valence-electron chi connectivity index (χ2n) is 10.5. The van der Waals surface area contributed by atoms with Crippen molar-refractivity contribution in [1.29, 1.82) is 0 Å². The molecule has 0 aliphatic rings. The monoisotopic (exact) mass is 552 g/mol. The Bertz CT molecular complexity index is 1740. The Morgan fingerprint density at radius 1 is 1.12 bits per heavy atom. The van der Waals surface area contributed by atoms with Gasteiger partial charge in [-0.2, -0.15) is 23.3 Å². The van der Waals surface area contributed by atoms with Crippen molar-refractivity contribution in [2.24, 2.45) is 7.05 Å². The number of nitrogens with one attached hydrogen (secondary N) is 2. The van der Waals surface area contributed by atoms with Gasteiger partial charge in [0.15, 0.2) is 11.5 Å². The SMILES string of the molecule is Cc1nn(C)c(C)c1-c1nc2nccc(-c3ccc(CNC(=O)c4nc(C(C)(C)C)no4)c(C(F)(F)F)c3)c2[nH]1. The molecular formula is C27H27F3N8O2. The van der Waals surface area contributed by atoms with Crippen molar-refractivity contribution in [1.82, 2.24) is 40.2 Å². The second-order valence-corrected chi connectivity index (χ2v) is 10.5. The number of imidazole rings is 1. The van der Waals surface area contributed by atoms with Crippen LogP contribution in [0.1, 0.15) is 59.8 Å². The molecule has 0 fully saturated rings. The predicted molar refractivity (Wildman–Crippen MR) is 140 cm³/mol. The Morgan fingerprint density at radius 2 is 1.88 bits per heavy atom. The molecule has 1 aromatic carbocycles. The molecule has 0 aliphatic heterocycles. The Hall–Kier alpha value is -4.55. The number of carbonyl (C=O) groups excluding carboxylic acids is 1. The van der Waals surface area contributed by atoms with Crippen molar-refractivity contribution in [3.8, 4) is 22.5 Å². The van der Waals surface area contributed by atoms with Crippen LogP contribution in [0.15, 0.2) is 35.0 Å². The molecule has 0 aliphatic carbocycles. The first-order valence-corrected chi connectivity index (χ1v) is 12.4. The quantitative estimate of drug-likeness (QED) is 0.304. The standard InChI is InChI=1S/C27H27F3N8O2/c1-13-19(14(2)38(6)36-13)21-33-20-17(9-10-31-22(20)34-21)15-7-8-16(18(11-15)27(28,29)30)12-32-23(39)24-35-25(37-40-24)26(3,4)5/h7-11H,12H2,1-6H3,(H,32,39)(H,31,33,34). The number of pyridine rings is 1. The fraction of sp³-hybridized carbons (Fsp3) is 0.333. The number of amides is 1. The van der Waals surface area contributed by atoms with Crippen molar-refractivity contribution in [3.05, 3.63) is 64.7 Å². The van der Waals surface area contributed by atoms with Gasteiger partial charge < -0.3 is 14.8 Å². The van der Waals surface area contributed by atoms with Crippen LogP contribution in [0.5, 0.6) is 0 Å². The van der Waals surface area contributed by atoms with E-state index in [0.717, 1.165) is 23.0 Å². The minimum atomic E-state index is -4.67. The topological polar surface area (TPSA) is 127 Å². The van der Waals surface area contributed by atoms with E-state index in [0.29, 0.717) is 33.9 Å². The normalized spacial score (nSPS) is 12.3. The molecule has 0 atom stereocenters. The molecule has 4 aromatic heterocycles. The summed E-state index contributed by atoms with van der Waals surface area (Å²) in [5, 5.41) is 10.6. The minimum absolute atomic E-state index is 0.114. The van der Waals surface area contributed by atoms with Gasteiger partial charge in [-0.25, -0.2) is 9.97 Å². The Morgan fingerprint density at radius 3 is 2.50 bits per heavy atom. The number of aromatic amines is 1. The van der Waals surface area contributed by atoms with Gasteiger partial charge in [0, 0.05) is 36.5 Å². The highest BCUT2D eigenvalue weighted by molar-refractivity contribution is 5.92. The third-order valence-corrected chi connectivity index (χ3v) is 6.59. The molecule has 40 heavy (non-hydrogen) atoms. The average Bonchev–Trinajstić information content (AvgIpc) is 3.59. The number of benzene rings is 1. The van der Waals surface area contributed by atoms with Crippen LogP contribution in [0.2, 0.25) is 0 Å². The summed E-state index contributed by atoms with van der Waals surface area (Å²) in [6, 6.07) is 5.59. The van der Waals surface area contributed by atoms with Crippen molar-refractivity contribution in [3.63, 3.8) is 0 Å². The van der Waals surface area contributed by atoms with E-state index in [1.807, 2.05) is 41.7 Å². The number of nitrogens with zero attached hydrogens (tertiary/aromatic N) is 6.